The number of hydrogen-bond donors (Lipinski definition) is 3. The number of nitrogens with zero attached hydrogens (tertiary/aromatic N) is 1. The predicted octanol–water partition coefficient (Wildman–Crippen LogP) is 2.94. The normalized spacial score (nSPS) is 12.5. The lowest BCUT2D eigenvalue weighted by Crippen LogP contribution is -2.36. The lowest BCUT2D eigenvalue weighted by Gasteiger charge is -2.15. The van der Waals surface area contributed by atoms with Gasteiger partial charge in [0, 0.05) is 20.1 Å². The molecule has 2 aromatic rings. The van der Waals surface area contributed by atoms with E-state index in [2.05, 4.69) is 20.3 Å². The molecule has 0 saturated carbocycles. The number of hydrogen-bond acceptors (Lipinski definition) is 3. The van der Waals surface area contributed by atoms with Gasteiger partial charge in [-0.2, -0.15) is 13.2 Å². The lowest BCUT2D eigenvalue weighted by atomic mass is 10.1. The molecule has 0 unspecified atom stereocenters. The maximum Gasteiger partial charge on any atom is 0.416 e. The largest absolute Gasteiger partial charge is 0.416 e. The van der Waals surface area contributed by atoms with Crippen LogP contribution >= 0.6 is 0 Å². The molecule has 6 nitrogen and oxygen atoms in total. The Hall–Kier alpha value is -2.75. The monoisotopic (exact) mass is 414 g/mol. The third kappa shape index (κ3) is 6.76. The highest BCUT2D eigenvalue weighted by Gasteiger charge is 2.30. The van der Waals surface area contributed by atoms with Crippen molar-refractivity contribution in [1.29, 1.82) is 0 Å². The average molecular weight is 414 g/mol. The molecular formula is C18H21F3N4O2S. The van der Waals surface area contributed by atoms with Gasteiger partial charge in [0.1, 0.15) is 0 Å². The highest BCUT2D eigenvalue weighted by molar-refractivity contribution is 7.92. The van der Waals surface area contributed by atoms with E-state index in [0.29, 0.717) is 22.8 Å². The molecule has 3 N–H and O–H groups in total. The smallest absolute Gasteiger partial charge is 0.352 e. The molecule has 0 saturated heterocycles. The third-order valence-corrected chi connectivity index (χ3v) is 4.29. The van der Waals surface area contributed by atoms with Crippen molar-refractivity contribution < 1.29 is 21.6 Å². The molecule has 0 aromatic heterocycles. The number of rotatable bonds is 6. The predicted molar refractivity (Wildman–Crippen MR) is 103 cm³/mol. The summed E-state index contributed by atoms with van der Waals surface area (Å²) in [5.74, 6) is 0.367. The Bertz CT molecular complexity index is 944. The molecule has 152 valence electrons. The van der Waals surface area contributed by atoms with Gasteiger partial charge in [0.2, 0.25) is 10.0 Å². The van der Waals surface area contributed by atoms with Crippen molar-refractivity contribution in [2.24, 2.45) is 4.99 Å². The highest BCUT2D eigenvalue weighted by Crippen LogP contribution is 2.29. The molecule has 0 heterocycles. The van der Waals surface area contributed by atoms with E-state index in [9.17, 15) is 21.6 Å². The topological polar surface area (TPSA) is 82.6 Å². The van der Waals surface area contributed by atoms with Crippen LogP contribution in [0.4, 0.5) is 18.9 Å². The minimum atomic E-state index is -4.40. The zero-order chi connectivity index (χ0) is 20.8. The lowest BCUT2D eigenvalue weighted by molar-refractivity contribution is -0.137. The molecule has 2 rings (SSSR count). The highest BCUT2D eigenvalue weighted by atomic mass is 32.2. The molecule has 0 fully saturated rings. The first-order valence-electron chi connectivity index (χ1n) is 8.25. The van der Waals surface area contributed by atoms with Gasteiger partial charge in [-0.1, -0.05) is 30.3 Å². The summed E-state index contributed by atoms with van der Waals surface area (Å²) in [5, 5.41) is 5.94. The summed E-state index contributed by atoms with van der Waals surface area (Å²) in [6, 6.07) is 11.9. The van der Waals surface area contributed by atoms with Crippen LogP contribution in [-0.2, 0) is 29.3 Å². The number of para-hydroxylation sites is 1. The van der Waals surface area contributed by atoms with Crippen LogP contribution in [0.1, 0.15) is 16.7 Å². The quantitative estimate of drug-likeness (QED) is 0.501. The second kappa shape index (κ2) is 8.96. The van der Waals surface area contributed by atoms with Crippen LogP contribution in [0.3, 0.4) is 0 Å². The fourth-order valence-electron chi connectivity index (χ4n) is 2.42. The number of benzene rings is 2. The van der Waals surface area contributed by atoms with Crippen molar-refractivity contribution in [2.45, 2.75) is 19.3 Å². The van der Waals surface area contributed by atoms with E-state index in [0.717, 1.165) is 18.4 Å². The minimum Gasteiger partial charge on any atom is -0.352 e. The standard InChI is InChI=1S/C18H21F3N4O2S/c1-22-17(23-11-13-6-5-8-15(10-13)18(19,20)21)24-12-14-7-3-4-9-16(14)25-28(2,26)27/h3-10,25H,11-12H2,1-2H3,(H2,22,23,24). The summed E-state index contributed by atoms with van der Waals surface area (Å²) in [5.41, 5.74) is 0.869. The van der Waals surface area contributed by atoms with Crippen molar-refractivity contribution in [3.8, 4) is 0 Å². The number of aliphatic imine (C=N–C) groups is 1. The molecule has 0 aliphatic carbocycles. The first-order valence-corrected chi connectivity index (χ1v) is 10.1. The fourth-order valence-corrected chi connectivity index (χ4v) is 3.02. The summed E-state index contributed by atoms with van der Waals surface area (Å²) in [6.45, 7) is 0.411. The van der Waals surface area contributed by atoms with E-state index in [-0.39, 0.29) is 13.1 Å². The van der Waals surface area contributed by atoms with Crippen LogP contribution in [0, 0.1) is 0 Å². The van der Waals surface area contributed by atoms with Crippen LogP contribution < -0.4 is 15.4 Å². The molecule has 0 spiro atoms. The van der Waals surface area contributed by atoms with E-state index >= 15 is 0 Å². The first kappa shape index (κ1) is 21.5. The summed E-state index contributed by atoms with van der Waals surface area (Å²) in [6.07, 6.45) is -3.33. The second-order valence-electron chi connectivity index (χ2n) is 6.01. The van der Waals surface area contributed by atoms with E-state index < -0.39 is 21.8 Å². The maximum atomic E-state index is 12.8. The number of alkyl halides is 3. The maximum absolute atomic E-state index is 12.8. The Kier molecular flexibility index (Phi) is 6.90. The molecular weight excluding hydrogens is 393 g/mol. The van der Waals surface area contributed by atoms with Gasteiger partial charge < -0.3 is 10.6 Å². The molecule has 0 aliphatic heterocycles. The van der Waals surface area contributed by atoms with Crippen molar-refractivity contribution in [3.63, 3.8) is 0 Å². The van der Waals surface area contributed by atoms with Crippen molar-refractivity contribution >= 4 is 21.7 Å². The van der Waals surface area contributed by atoms with Gasteiger partial charge >= 0.3 is 6.18 Å². The number of halogens is 3. The number of sulfonamides is 1. The van der Waals surface area contributed by atoms with E-state index in [4.69, 9.17) is 0 Å². The molecule has 2 aromatic carbocycles. The molecule has 0 aliphatic rings. The van der Waals surface area contributed by atoms with Gasteiger partial charge in [0.15, 0.2) is 5.96 Å². The Morgan fingerprint density at radius 3 is 2.36 bits per heavy atom. The van der Waals surface area contributed by atoms with Gasteiger partial charge in [-0.05, 0) is 29.3 Å². The summed E-state index contributed by atoms with van der Waals surface area (Å²) in [7, 11) is -1.89. The average Bonchev–Trinajstić information content (AvgIpc) is 2.61. The van der Waals surface area contributed by atoms with Crippen LogP contribution in [0.15, 0.2) is 53.5 Å². The summed E-state index contributed by atoms with van der Waals surface area (Å²) >= 11 is 0. The minimum absolute atomic E-state index is 0.146. The van der Waals surface area contributed by atoms with Gasteiger partial charge in [-0.3, -0.25) is 9.71 Å². The second-order valence-corrected chi connectivity index (χ2v) is 7.76. The SMILES string of the molecule is CN=C(NCc1cccc(C(F)(F)F)c1)NCc1ccccc1NS(C)(=O)=O. The molecule has 0 atom stereocenters. The van der Waals surface area contributed by atoms with Crippen LogP contribution in [0.5, 0.6) is 0 Å². The molecule has 0 bridgehead atoms. The zero-order valence-electron chi connectivity index (χ0n) is 15.3. The molecule has 0 amide bonds. The molecule has 10 heteroatoms. The number of guanidine groups is 1. The van der Waals surface area contributed by atoms with Crippen LogP contribution in [-0.4, -0.2) is 27.7 Å². The Morgan fingerprint density at radius 2 is 1.71 bits per heavy atom. The van der Waals surface area contributed by atoms with E-state index in [1.165, 1.54) is 13.1 Å². The molecule has 0 radical (unpaired) electrons. The Morgan fingerprint density at radius 1 is 1.04 bits per heavy atom. The third-order valence-electron chi connectivity index (χ3n) is 3.70. The first-order chi connectivity index (χ1) is 13.1. The van der Waals surface area contributed by atoms with Crippen LogP contribution in [0.2, 0.25) is 0 Å². The zero-order valence-corrected chi connectivity index (χ0v) is 16.2. The van der Waals surface area contributed by atoms with Crippen molar-refractivity contribution in [2.75, 3.05) is 18.0 Å². The van der Waals surface area contributed by atoms with Crippen molar-refractivity contribution in [3.05, 3.63) is 65.2 Å². The van der Waals surface area contributed by atoms with E-state index in [1.807, 2.05) is 0 Å². The summed E-state index contributed by atoms with van der Waals surface area (Å²) in [4.78, 5) is 4.03. The molecule has 28 heavy (non-hydrogen) atoms. The Labute approximate surface area is 161 Å². The number of nitrogens with one attached hydrogen (secondary N) is 3. The van der Waals surface area contributed by atoms with Gasteiger partial charge in [-0.15, -0.1) is 0 Å². The van der Waals surface area contributed by atoms with Crippen molar-refractivity contribution in [1.82, 2.24) is 10.6 Å². The van der Waals surface area contributed by atoms with Crippen LogP contribution in [0.25, 0.3) is 0 Å². The van der Waals surface area contributed by atoms with Gasteiger partial charge in [-0.25, -0.2) is 8.42 Å². The Balaban J connectivity index is 2.00. The van der Waals surface area contributed by atoms with Gasteiger partial charge in [0.25, 0.3) is 0 Å². The fraction of sp³-hybridized carbons (Fsp3) is 0.278. The number of anilines is 1. The summed E-state index contributed by atoms with van der Waals surface area (Å²) < 4.78 is 63.7. The van der Waals surface area contributed by atoms with Gasteiger partial charge in [0.05, 0.1) is 17.5 Å². The van der Waals surface area contributed by atoms with E-state index in [1.54, 1.807) is 30.3 Å².